The van der Waals surface area contributed by atoms with Gasteiger partial charge in [0.2, 0.25) is 0 Å². The fourth-order valence-electron chi connectivity index (χ4n) is 2.90. The zero-order valence-corrected chi connectivity index (χ0v) is 15.6. The van der Waals surface area contributed by atoms with E-state index in [1.165, 1.54) is 24.3 Å². The number of hydrogen-bond donors (Lipinski definition) is 2. The van der Waals surface area contributed by atoms with Crippen LogP contribution in [0.3, 0.4) is 0 Å². The van der Waals surface area contributed by atoms with Crippen molar-refractivity contribution in [2.75, 3.05) is 18.5 Å². The van der Waals surface area contributed by atoms with Gasteiger partial charge in [-0.15, -0.1) is 0 Å². The number of hydrogen-bond acceptors (Lipinski definition) is 4. The van der Waals surface area contributed by atoms with Gasteiger partial charge in [0.05, 0.1) is 17.4 Å². The summed E-state index contributed by atoms with van der Waals surface area (Å²) in [6, 6.07) is 12.2. The van der Waals surface area contributed by atoms with E-state index in [0.717, 1.165) is 19.4 Å². The maximum Gasteiger partial charge on any atom is 0.265 e. The monoisotopic (exact) mass is 386 g/mol. The Kier molecular flexibility index (Phi) is 6.60. The molecular weight excluding hydrogens is 363 g/mol. The number of benzene rings is 2. The minimum absolute atomic E-state index is 0.0369. The molecule has 2 aromatic rings. The number of ether oxygens (including phenoxy) is 2. The Labute approximate surface area is 163 Å². The van der Waals surface area contributed by atoms with E-state index in [1.807, 2.05) is 0 Å². The summed E-state index contributed by atoms with van der Waals surface area (Å²) in [5.74, 6) is -0.693. The normalized spacial score (nSPS) is 17.0. The first-order valence-corrected chi connectivity index (χ1v) is 9.25. The van der Waals surface area contributed by atoms with E-state index in [2.05, 4.69) is 10.6 Å². The van der Waals surface area contributed by atoms with Crippen molar-refractivity contribution in [1.29, 1.82) is 0 Å². The molecule has 2 atom stereocenters. The molecule has 1 saturated heterocycles. The predicted molar refractivity (Wildman–Crippen MR) is 103 cm³/mol. The van der Waals surface area contributed by atoms with E-state index in [1.54, 1.807) is 31.2 Å². The van der Waals surface area contributed by atoms with Crippen molar-refractivity contribution in [2.45, 2.75) is 32.0 Å². The van der Waals surface area contributed by atoms with E-state index < -0.39 is 12.0 Å². The SMILES string of the molecule is C[C@@H](Oc1ccc(F)cc1)C(=O)Nc1ccccc1C(=O)NC[C@H]1CCCO1. The highest BCUT2D eigenvalue weighted by Crippen LogP contribution is 2.18. The third-order valence-corrected chi connectivity index (χ3v) is 4.44. The summed E-state index contributed by atoms with van der Waals surface area (Å²) < 4.78 is 24.0. The molecule has 6 nitrogen and oxygen atoms in total. The smallest absolute Gasteiger partial charge is 0.265 e. The highest BCUT2D eigenvalue weighted by atomic mass is 19.1. The van der Waals surface area contributed by atoms with Crippen LogP contribution in [-0.4, -0.2) is 37.2 Å². The largest absolute Gasteiger partial charge is 0.481 e. The molecular formula is C21H23FN2O4. The van der Waals surface area contributed by atoms with Gasteiger partial charge in [0.25, 0.3) is 11.8 Å². The van der Waals surface area contributed by atoms with Gasteiger partial charge in [-0.05, 0) is 56.2 Å². The van der Waals surface area contributed by atoms with E-state index in [9.17, 15) is 14.0 Å². The molecule has 1 fully saturated rings. The Morgan fingerprint density at radius 1 is 1.21 bits per heavy atom. The van der Waals surface area contributed by atoms with Gasteiger partial charge in [-0.2, -0.15) is 0 Å². The summed E-state index contributed by atoms with van der Waals surface area (Å²) >= 11 is 0. The molecule has 7 heteroatoms. The topological polar surface area (TPSA) is 76.7 Å². The van der Waals surface area contributed by atoms with Crippen LogP contribution in [0.2, 0.25) is 0 Å². The summed E-state index contributed by atoms with van der Waals surface area (Å²) in [4.78, 5) is 25.0. The van der Waals surface area contributed by atoms with Crippen molar-refractivity contribution < 1.29 is 23.5 Å². The summed E-state index contributed by atoms with van der Waals surface area (Å²) in [6.45, 7) is 2.74. The Morgan fingerprint density at radius 2 is 1.96 bits per heavy atom. The predicted octanol–water partition coefficient (Wildman–Crippen LogP) is 3.14. The summed E-state index contributed by atoms with van der Waals surface area (Å²) in [5.41, 5.74) is 0.759. The van der Waals surface area contributed by atoms with Crippen LogP contribution in [0.4, 0.5) is 10.1 Å². The van der Waals surface area contributed by atoms with Crippen LogP contribution in [0.15, 0.2) is 48.5 Å². The lowest BCUT2D eigenvalue weighted by Gasteiger charge is -2.17. The highest BCUT2D eigenvalue weighted by Gasteiger charge is 2.20. The van der Waals surface area contributed by atoms with Gasteiger partial charge in [-0.25, -0.2) is 4.39 Å². The second-order valence-electron chi connectivity index (χ2n) is 6.59. The van der Waals surface area contributed by atoms with Crippen LogP contribution in [0.25, 0.3) is 0 Å². The average molecular weight is 386 g/mol. The number of anilines is 1. The molecule has 0 bridgehead atoms. The van der Waals surface area contributed by atoms with E-state index in [4.69, 9.17) is 9.47 Å². The van der Waals surface area contributed by atoms with Gasteiger partial charge < -0.3 is 20.1 Å². The van der Waals surface area contributed by atoms with Crippen LogP contribution >= 0.6 is 0 Å². The van der Waals surface area contributed by atoms with Crippen molar-refractivity contribution >= 4 is 17.5 Å². The summed E-state index contributed by atoms with van der Waals surface area (Å²) in [6.07, 6.45) is 1.14. The molecule has 1 aliphatic heterocycles. The second kappa shape index (κ2) is 9.32. The molecule has 148 valence electrons. The van der Waals surface area contributed by atoms with Crippen molar-refractivity contribution in [3.05, 3.63) is 59.9 Å². The van der Waals surface area contributed by atoms with Gasteiger partial charge in [0, 0.05) is 13.2 Å². The van der Waals surface area contributed by atoms with Gasteiger partial charge in [0.15, 0.2) is 6.10 Å². The molecule has 0 spiro atoms. The number of rotatable bonds is 7. The number of halogens is 1. The zero-order chi connectivity index (χ0) is 19.9. The zero-order valence-electron chi connectivity index (χ0n) is 15.6. The summed E-state index contributed by atoms with van der Waals surface area (Å²) in [5, 5.41) is 5.57. The Hall–Kier alpha value is -2.93. The summed E-state index contributed by atoms with van der Waals surface area (Å²) in [7, 11) is 0. The third kappa shape index (κ3) is 5.29. The average Bonchev–Trinajstić information content (AvgIpc) is 3.22. The first-order valence-electron chi connectivity index (χ1n) is 9.25. The highest BCUT2D eigenvalue weighted by molar-refractivity contribution is 6.04. The lowest BCUT2D eigenvalue weighted by molar-refractivity contribution is -0.122. The lowest BCUT2D eigenvalue weighted by atomic mass is 10.1. The van der Waals surface area contributed by atoms with Crippen LogP contribution in [0.1, 0.15) is 30.1 Å². The number of carbonyl (C=O) groups excluding carboxylic acids is 2. The van der Waals surface area contributed by atoms with Crippen LogP contribution in [0.5, 0.6) is 5.75 Å². The van der Waals surface area contributed by atoms with E-state index >= 15 is 0 Å². The maximum absolute atomic E-state index is 13.0. The molecule has 0 aliphatic carbocycles. The van der Waals surface area contributed by atoms with E-state index in [0.29, 0.717) is 23.5 Å². The third-order valence-electron chi connectivity index (χ3n) is 4.44. The van der Waals surface area contributed by atoms with Crippen molar-refractivity contribution in [3.63, 3.8) is 0 Å². The minimum atomic E-state index is -0.825. The van der Waals surface area contributed by atoms with Gasteiger partial charge in [0.1, 0.15) is 11.6 Å². The molecule has 1 aliphatic rings. The fourth-order valence-corrected chi connectivity index (χ4v) is 2.90. The van der Waals surface area contributed by atoms with Crippen molar-refractivity contribution in [3.8, 4) is 5.75 Å². The number of nitrogens with one attached hydrogen (secondary N) is 2. The number of para-hydroxylation sites is 1. The van der Waals surface area contributed by atoms with Gasteiger partial charge in [-0.1, -0.05) is 12.1 Å². The second-order valence-corrected chi connectivity index (χ2v) is 6.59. The molecule has 0 saturated carbocycles. The molecule has 1 heterocycles. The van der Waals surface area contributed by atoms with Crippen LogP contribution < -0.4 is 15.4 Å². The Morgan fingerprint density at radius 3 is 2.68 bits per heavy atom. The van der Waals surface area contributed by atoms with Crippen LogP contribution in [0, 0.1) is 5.82 Å². The molecule has 2 N–H and O–H groups in total. The Balaban J connectivity index is 1.60. The Bertz CT molecular complexity index is 819. The molecule has 0 radical (unpaired) electrons. The number of carbonyl (C=O) groups is 2. The first-order chi connectivity index (χ1) is 13.5. The molecule has 3 rings (SSSR count). The first kappa shape index (κ1) is 19.8. The van der Waals surface area contributed by atoms with Gasteiger partial charge in [-0.3, -0.25) is 9.59 Å². The molecule has 2 aromatic carbocycles. The van der Waals surface area contributed by atoms with Crippen molar-refractivity contribution in [1.82, 2.24) is 5.32 Å². The molecule has 0 unspecified atom stereocenters. The maximum atomic E-state index is 13.0. The van der Waals surface area contributed by atoms with Crippen molar-refractivity contribution in [2.24, 2.45) is 0 Å². The lowest BCUT2D eigenvalue weighted by Crippen LogP contribution is -2.34. The standard InChI is InChI=1S/C21H23FN2O4/c1-14(28-16-10-8-15(22)9-11-16)20(25)24-19-7-3-2-6-18(19)21(26)23-13-17-5-4-12-27-17/h2-3,6-11,14,17H,4-5,12-13H2,1H3,(H,23,26)(H,24,25)/t14-,17-/m1/s1. The van der Waals surface area contributed by atoms with Crippen LogP contribution in [-0.2, 0) is 9.53 Å². The molecule has 28 heavy (non-hydrogen) atoms. The van der Waals surface area contributed by atoms with E-state index in [-0.39, 0.29) is 17.8 Å². The van der Waals surface area contributed by atoms with Gasteiger partial charge >= 0.3 is 0 Å². The quantitative estimate of drug-likeness (QED) is 0.767. The molecule has 0 aromatic heterocycles. The molecule has 2 amide bonds. The number of amides is 2. The fraction of sp³-hybridized carbons (Fsp3) is 0.333. The minimum Gasteiger partial charge on any atom is -0.481 e.